The molecular formula is C34H34N4O4. The average molecular weight is 563 g/mol. The van der Waals surface area contributed by atoms with Crippen molar-refractivity contribution in [1.29, 1.82) is 0 Å². The quantitative estimate of drug-likeness (QED) is 0.212. The van der Waals surface area contributed by atoms with Gasteiger partial charge in [0.25, 0.3) is 0 Å². The minimum Gasteiger partial charge on any atom is -0.392 e. The number of aliphatic hydroxyl groups excluding tert-OH is 1. The summed E-state index contributed by atoms with van der Waals surface area (Å²) in [5, 5.41) is 15.3. The van der Waals surface area contributed by atoms with Gasteiger partial charge in [0, 0.05) is 25.1 Å². The lowest BCUT2D eigenvalue weighted by molar-refractivity contribution is -0.252. The number of aromatic nitrogens is 2. The molecule has 0 saturated carbocycles. The Kier molecular flexibility index (Phi) is 8.56. The SMILES string of the molecule is O=C(NCc1ccccc1)NCc1ccc(C2OC(Cn3cnc4ccccc43)CC(c3ccc(CO)cc3)O2)cc1. The number of rotatable bonds is 9. The smallest absolute Gasteiger partial charge is 0.315 e. The summed E-state index contributed by atoms with van der Waals surface area (Å²) in [6.07, 6.45) is 1.70. The van der Waals surface area contributed by atoms with Crippen LogP contribution in [-0.4, -0.2) is 26.8 Å². The Labute approximate surface area is 244 Å². The van der Waals surface area contributed by atoms with Gasteiger partial charge < -0.3 is 29.8 Å². The lowest BCUT2D eigenvalue weighted by Crippen LogP contribution is -2.34. The molecule has 1 fully saturated rings. The molecule has 0 spiro atoms. The molecule has 6 rings (SSSR count). The van der Waals surface area contributed by atoms with Crippen LogP contribution in [0.4, 0.5) is 4.79 Å². The van der Waals surface area contributed by atoms with E-state index in [0.717, 1.165) is 38.9 Å². The van der Waals surface area contributed by atoms with Gasteiger partial charge in [0.15, 0.2) is 6.29 Å². The maximum Gasteiger partial charge on any atom is 0.315 e. The third-order valence-corrected chi connectivity index (χ3v) is 7.54. The number of urea groups is 1. The Morgan fingerprint density at radius 2 is 1.43 bits per heavy atom. The number of para-hydroxylation sites is 2. The number of nitrogens with one attached hydrogen (secondary N) is 2. The summed E-state index contributed by atoms with van der Waals surface area (Å²) in [5.74, 6) is 0. The number of carbonyl (C=O) groups excluding carboxylic acids is 1. The van der Waals surface area contributed by atoms with Gasteiger partial charge in [-0.3, -0.25) is 0 Å². The Morgan fingerprint density at radius 1 is 0.786 bits per heavy atom. The lowest BCUT2D eigenvalue weighted by Gasteiger charge is -2.36. The highest BCUT2D eigenvalue weighted by Crippen LogP contribution is 2.38. The second-order valence-electron chi connectivity index (χ2n) is 10.5. The first kappa shape index (κ1) is 27.7. The van der Waals surface area contributed by atoms with Crippen LogP contribution >= 0.6 is 0 Å². The molecule has 4 aromatic carbocycles. The molecule has 1 aromatic heterocycles. The van der Waals surface area contributed by atoms with Crippen LogP contribution in [0.5, 0.6) is 0 Å². The summed E-state index contributed by atoms with van der Waals surface area (Å²) in [7, 11) is 0. The van der Waals surface area contributed by atoms with Crippen LogP contribution in [0.25, 0.3) is 11.0 Å². The zero-order chi connectivity index (χ0) is 28.7. The van der Waals surface area contributed by atoms with E-state index >= 15 is 0 Å². The minimum atomic E-state index is -0.558. The second-order valence-corrected chi connectivity index (χ2v) is 10.5. The van der Waals surface area contributed by atoms with Gasteiger partial charge in [-0.15, -0.1) is 0 Å². The van der Waals surface area contributed by atoms with Crippen molar-refractivity contribution < 1.29 is 19.4 Å². The highest BCUT2D eigenvalue weighted by molar-refractivity contribution is 5.75. The molecule has 8 nitrogen and oxygen atoms in total. The summed E-state index contributed by atoms with van der Waals surface area (Å²) in [6.45, 7) is 1.53. The van der Waals surface area contributed by atoms with E-state index < -0.39 is 6.29 Å². The van der Waals surface area contributed by atoms with Crippen molar-refractivity contribution >= 4 is 17.1 Å². The Morgan fingerprint density at radius 3 is 2.17 bits per heavy atom. The number of hydrogen-bond donors (Lipinski definition) is 3. The van der Waals surface area contributed by atoms with E-state index in [9.17, 15) is 9.90 Å². The number of imidazole rings is 1. The van der Waals surface area contributed by atoms with Crippen LogP contribution in [0.3, 0.4) is 0 Å². The molecule has 2 heterocycles. The summed E-state index contributed by atoms with van der Waals surface area (Å²) in [5.41, 5.74) is 6.86. The zero-order valence-electron chi connectivity index (χ0n) is 23.2. The topological polar surface area (TPSA) is 97.6 Å². The maximum absolute atomic E-state index is 12.3. The number of aliphatic hydroxyl groups is 1. The first-order valence-corrected chi connectivity index (χ1v) is 14.2. The highest BCUT2D eigenvalue weighted by Gasteiger charge is 2.32. The first-order chi connectivity index (χ1) is 20.6. The van der Waals surface area contributed by atoms with Crippen molar-refractivity contribution in [2.45, 2.75) is 51.2 Å². The van der Waals surface area contributed by atoms with E-state index in [1.165, 1.54) is 0 Å². The van der Waals surface area contributed by atoms with E-state index in [1.54, 1.807) is 0 Å². The number of benzene rings is 4. The maximum atomic E-state index is 12.3. The standard InChI is InChI=1S/C34H34N4O4/c39-22-26-12-14-27(15-13-26)32-18-29(21-38-23-37-30-8-4-5-9-31(30)38)41-33(42-32)28-16-10-25(11-17-28)20-36-34(40)35-19-24-6-2-1-3-7-24/h1-17,23,29,32-33,39H,18-22H2,(H2,35,36,40). The molecule has 1 saturated heterocycles. The molecule has 3 N–H and O–H groups in total. The highest BCUT2D eigenvalue weighted by atomic mass is 16.7. The molecule has 42 heavy (non-hydrogen) atoms. The van der Waals surface area contributed by atoms with Crippen molar-refractivity contribution in [3.63, 3.8) is 0 Å². The minimum absolute atomic E-state index is 0.00373. The number of fused-ring (bicyclic) bond motifs is 1. The molecule has 3 unspecified atom stereocenters. The summed E-state index contributed by atoms with van der Waals surface area (Å²) >= 11 is 0. The van der Waals surface area contributed by atoms with Gasteiger partial charge in [0.1, 0.15) is 0 Å². The van der Waals surface area contributed by atoms with E-state index in [0.29, 0.717) is 26.1 Å². The van der Waals surface area contributed by atoms with Crippen LogP contribution in [-0.2, 0) is 35.7 Å². The molecule has 2 amide bonds. The van der Waals surface area contributed by atoms with Crippen molar-refractivity contribution in [2.24, 2.45) is 0 Å². The van der Waals surface area contributed by atoms with E-state index in [2.05, 4.69) is 26.3 Å². The van der Waals surface area contributed by atoms with Gasteiger partial charge in [-0.05, 0) is 34.4 Å². The van der Waals surface area contributed by atoms with Gasteiger partial charge in [-0.25, -0.2) is 9.78 Å². The van der Waals surface area contributed by atoms with Gasteiger partial charge in [-0.1, -0.05) is 91.0 Å². The van der Waals surface area contributed by atoms with E-state index in [4.69, 9.17) is 9.47 Å². The summed E-state index contributed by atoms with van der Waals surface area (Å²) in [4.78, 5) is 16.8. The molecule has 0 radical (unpaired) electrons. The van der Waals surface area contributed by atoms with Crippen LogP contribution in [0, 0.1) is 0 Å². The number of carbonyl (C=O) groups is 1. The van der Waals surface area contributed by atoms with Crippen LogP contribution in [0.2, 0.25) is 0 Å². The molecule has 3 atom stereocenters. The van der Waals surface area contributed by atoms with E-state index in [1.807, 2.05) is 103 Å². The number of hydrogen-bond acceptors (Lipinski definition) is 5. The van der Waals surface area contributed by atoms with Crippen molar-refractivity contribution in [2.75, 3.05) is 0 Å². The summed E-state index contributed by atoms with van der Waals surface area (Å²) in [6, 6.07) is 33.5. The molecule has 1 aliphatic rings. The Hall–Kier alpha value is -4.50. The fourth-order valence-electron chi connectivity index (χ4n) is 5.22. The Balaban J connectivity index is 1.13. The molecule has 0 aliphatic carbocycles. The first-order valence-electron chi connectivity index (χ1n) is 14.2. The Bertz CT molecular complexity index is 1600. The monoisotopic (exact) mass is 562 g/mol. The normalized spacial score (nSPS) is 18.5. The van der Waals surface area contributed by atoms with Crippen LogP contribution in [0.15, 0.2) is 109 Å². The molecule has 8 heteroatoms. The van der Waals surface area contributed by atoms with E-state index in [-0.39, 0.29) is 24.8 Å². The van der Waals surface area contributed by atoms with Crippen LogP contribution in [0.1, 0.15) is 46.6 Å². The molecule has 214 valence electrons. The summed E-state index contributed by atoms with van der Waals surface area (Å²) < 4.78 is 15.1. The molecule has 1 aliphatic heterocycles. The number of ether oxygens (including phenoxy) is 2. The van der Waals surface area contributed by atoms with Gasteiger partial charge in [0.2, 0.25) is 0 Å². The fourth-order valence-corrected chi connectivity index (χ4v) is 5.22. The lowest BCUT2D eigenvalue weighted by atomic mass is 10.00. The fraction of sp³-hybridized carbons (Fsp3) is 0.235. The van der Waals surface area contributed by atoms with Gasteiger partial charge in [0.05, 0.1) is 42.7 Å². The van der Waals surface area contributed by atoms with Gasteiger partial charge >= 0.3 is 6.03 Å². The van der Waals surface area contributed by atoms with Crippen molar-refractivity contribution in [3.05, 3.63) is 137 Å². The van der Waals surface area contributed by atoms with Gasteiger partial charge in [-0.2, -0.15) is 0 Å². The second kappa shape index (κ2) is 13.0. The van der Waals surface area contributed by atoms with Crippen molar-refractivity contribution in [3.8, 4) is 0 Å². The third-order valence-electron chi connectivity index (χ3n) is 7.54. The number of nitrogens with zero attached hydrogens (tertiary/aromatic N) is 2. The van der Waals surface area contributed by atoms with Crippen LogP contribution < -0.4 is 10.6 Å². The number of amides is 2. The zero-order valence-corrected chi connectivity index (χ0v) is 23.2. The molecule has 5 aromatic rings. The third kappa shape index (κ3) is 6.69. The largest absolute Gasteiger partial charge is 0.392 e. The predicted octanol–water partition coefficient (Wildman–Crippen LogP) is 5.77. The molecule has 0 bridgehead atoms. The molecular weight excluding hydrogens is 528 g/mol. The van der Waals surface area contributed by atoms with Crippen molar-refractivity contribution in [1.82, 2.24) is 20.2 Å². The average Bonchev–Trinajstić information content (AvgIpc) is 3.46. The predicted molar refractivity (Wildman–Crippen MR) is 160 cm³/mol.